The summed E-state index contributed by atoms with van der Waals surface area (Å²) in [5.74, 6) is 0. The molecular formula is C22H22F3N3. The molecule has 0 atom stereocenters. The van der Waals surface area contributed by atoms with Gasteiger partial charge < -0.3 is 9.47 Å². The lowest BCUT2D eigenvalue weighted by Gasteiger charge is -2.36. The molecular weight excluding hydrogens is 363 g/mol. The van der Waals surface area contributed by atoms with Crippen molar-refractivity contribution in [3.8, 4) is 6.07 Å². The maximum Gasteiger partial charge on any atom is 0.115 e. The van der Waals surface area contributed by atoms with Crippen molar-refractivity contribution < 1.29 is 13.2 Å². The maximum atomic E-state index is 13.5. The summed E-state index contributed by atoms with van der Waals surface area (Å²) in [6.07, 6.45) is 8.57. The van der Waals surface area contributed by atoms with Crippen molar-refractivity contribution in [3.63, 3.8) is 0 Å². The highest BCUT2D eigenvalue weighted by Crippen LogP contribution is 2.42. The number of nitriles is 1. The molecule has 3 nitrogen and oxygen atoms in total. The van der Waals surface area contributed by atoms with Crippen LogP contribution >= 0.6 is 0 Å². The average Bonchev–Trinajstić information content (AvgIpc) is 3.01. The van der Waals surface area contributed by atoms with E-state index < -0.39 is 26.1 Å². The predicted octanol–water partition coefficient (Wildman–Crippen LogP) is 5.23. The minimum absolute atomic E-state index is 0.206. The Bertz CT molecular complexity index is 975. The topological polar surface area (TPSA) is 32.0 Å². The van der Waals surface area contributed by atoms with Crippen molar-refractivity contribution in [2.24, 2.45) is 0 Å². The highest BCUT2D eigenvalue weighted by atomic mass is 19.1. The molecule has 0 amide bonds. The summed E-state index contributed by atoms with van der Waals surface area (Å²) in [6, 6.07) is 6.88. The van der Waals surface area contributed by atoms with Crippen molar-refractivity contribution in [1.29, 1.82) is 5.26 Å². The van der Waals surface area contributed by atoms with E-state index in [9.17, 15) is 18.4 Å². The first-order chi connectivity index (χ1) is 13.7. The molecule has 1 aliphatic heterocycles. The lowest BCUT2D eigenvalue weighted by molar-refractivity contribution is 0.210. The van der Waals surface area contributed by atoms with Gasteiger partial charge in [0.05, 0.1) is 28.5 Å². The Labute approximate surface area is 162 Å². The lowest BCUT2D eigenvalue weighted by Crippen LogP contribution is -2.39. The van der Waals surface area contributed by atoms with Crippen molar-refractivity contribution in [1.82, 2.24) is 9.47 Å². The molecule has 0 spiro atoms. The van der Waals surface area contributed by atoms with Crippen LogP contribution in [0.15, 0.2) is 36.4 Å². The van der Waals surface area contributed by atoms with Gasteiger partial charge in [0.25, 0.3) is 0 Å². The molecule has 0 N–H and O–H groups in total. The van der Waals surface area contributed by atoms with Crippen LogP contribution in [0.4, 0.5) is 13.2 Å². The Morgan fingerprint density at radius 1 is 1.18 bits per heavy atom. The fourth-order valence-electron chi connectivity index (χ4n) is 4.12. The molecule has 2 aromatic rings. The second-order valence-electron chi connectivity index (χ2n) is 7.37. The Kier molecular flexibility index (Phi) is 5.17. The van der Waals surface area contributed by atoms with Crippen LogP contribution in [0, 0.1) is 11.3 Å². The summed E-state index contributed by atoms with van der Waals surface area (Å²) in [5.41, 5.74) is 3.20. The van der Waals surface area contributed by atoms with Gasteiger partial charge in [0.1, 0.15) is 26.1 Å². The second kappa shape index (κ2) is 7.75. The minimum atomic E-state index is -0.892. The Hall–Kier alpha value is -2.68. The fraction of sp³-hybridized carbons (Fsp3) is 0.409. The van der Waals surface area contributed by atoms with Crippen LogP contribution in [0.3, 0.4) is 0 Å². The number of alkyl halides is 3. The first-order valence-electron chi connectivity index (χ1n) is 9.62. The number of fused-ring (bicyclic) bond motifs is 1. The third-order valence-electron chi connectivity index (χ3n) is 5.82. The standard InChI is InChI=1S/C22H22F3N3/c23-11-15-7-8-18-19(14-26)22(28(21(18)10-15)16-4-3-5-16)20-6-1-2-9-27(20)17(12-24)13-25/h1-2,6-8,10,16-17H,3-5,9,11-13H2. The van der Waals surface area contributed by atoms with Gasteiger partial charge in [-0.3, -0.25) is 0 Å². The highest BCUT2D eigenvalue weighted by Gasteiger charge is 2.32. The number of aromatic nitrogens is 1. The van der Waals surface area contributed by atoms with E-state index in [2.05, 4.69) is 10.6 Å². The molecule has 0 bridgehead atoms. The summed E-state index contributed by atoms with van der Waals surface area (Å²) in [7, 11) is 0. The Morgan fingerprint density at radius 2 is 1.96 bits per heavy atom. The smallest absolute Gasteiger partial charge is 0.115 e. The first kappa shape index (κ1) is 18.7. The van der Waals surface area contributed by atoms with Gasteiger partial charge in [-0.25, -0.2) is 13.2 Å². The molecule has 1 fully saturated rings. The molecule has 1 aliphatic carbocycles. The first-order valence-corrected chi connectivity index (χ1v) is 9.62. The minimum Gasteiger partial charge on any atom is -0.358 e. The zero-order valence-electron chi connectivity index (χ0n) is 15.5. The number of halogens is 3. The fourth-order valence-corrected chi connectivity index (χ4v) is 4.12. The Balaban J connectivity index is 1.98. The van der Waals surface area contributed by atoms with E-state index in [0.717, 1.165) is 30.2 Å². The van der Waals surface area contributed by atoms with Crippen LogP contribution in [0.1, 0.15) is 42.1 Å². The van der Waals surface area contributed by atoms with E-state index in [0.29, 0.717) is 29.1 Å². The van der Waals surface area contributed by atoms with Gasteiger partial charge in [-0.05, 0) is 37.0 Å². The van der Waals surface area contributed by atoms with Crippen LogP contribution in [0.25, 0.3) is 16.6 Å². The maximum absolute atomic E-state index is 13.5. The quantitative estimate of drug-likeness (QED) is 0.682. The van der Waals surface area contributed by atoms with E-state index in [-0.39, 0.29) is 6.04 Å². The van der Waals surface area contributed by atoms with Crippen LogP contribution in [0.2, 0.25) is 0 Å². The normalized spacial score (nSPS) is 17.1. The van der Waals surface area contributed by atoms with Crippen molar-refractivity contribution in [2.45, 2.75) is 38.0 Å². The third-order valence-corrected chi connectivity index (χ3v) is 5.82. The molecule has 4 rings (SSSR count). The van der Waals surface area contributed by atoms with Crippen LogP contribution in [-0.2, 0) is 6.67 Å². The molecule has 2 heterocycles. The summed E-state index contributed by atoms with van der Waals surface area (Å²) < 4.78 is 42.4. The molecule has 0 radical (unpaired) electrons. The monoisotopic (exact) mass is 385 g/mol. The van der Waals surface area contributed by atoms with Gasteiger partial charge in [-0.1, -0.05) is 24.3 Å². The molecule has 28 heavy (non-hydrogen) atoms. The summed E-state index contributed by atoms with van der Waals surface area (Å²) >= 11 is 0. The third kappa shape index (κ3) is 2.90. The van der Waals surface area contributed by atoms with Gasteiger partial charge in [-0.2, -0.15) is 5.26 Å². The molecule has 6 heteroatoms. The van der Waals surface area contributed by atoms with Crippen molar-refractivity contribution in [2.75, 3.05) is 19.9 Å². The summed E-state index contributed by atoms with van der Waals surface area (Å²) in [4.78, 5) is 1.69. The SMILES string of the molecule is N#Cc1c(C2=CC=CCN2C(CF)CF)n(C2CCC2)c2cc(CF)ccc12. The van der Waals surface area contributed by atoms with Gasteiger partial charge in [0.15, 0.2) is 0 Å². The predicted molar refractivity (Wildman–Crippen MR) is 104 cm³/mol. The largest absolute Gasteiger partial charge is 0.358 e. The van der Waals surface area contributed by atoms with Crippen LogP contribution < -0.4 is 0 Å². The van der Waals surface area contributed by atoms with Gasteiger partial charge >= 0.3 is 0 Å². The van der Waals surface area contributed by atoms with E-state index in [1.165, 1.54) is 0 Å². The molecule has 1 saturated carbocycles. The van der Waals surface area contributed by atoms with Gasteiger partial charge in [-0.15, -0.1) is 0 Å². The van der Waals surface area contributed by atoms with E-state index in [1.807, 2.05) is 18.2 Å². The summed E-state index contributed by atoms with van der Waals surface area (Å²) in [6.45, 7) is -1.80. The van der Waals surface area contributed by atoms with E-state index in [1.54, 1.807) is 23.1 Å². The number of nitrogens with zero attached hydrogens (tertiary/aromatic N) is 3. The molecule has 1 aromatic carbocycles. The summed E-state index contributed by atoms with van der Waals surface area (Å²) in [5, 5.41) is 10.7. The van der Waals surface area contributed by atoms with Crippen molar-refractivity contribution in [3.05, 3.63) is 53.2 Å². The molecule has 0 unspecified atom stereocenters. The highest BCUT2D eigenvalue weighted by molar-refractivity contribution is 5.93. The Morgan fingerprint density at radius 3 is 2.57 bits per heavy atom. The lowest BCUT2D eigenvalue weighted by atomic mass is 9.92. The van der Waals surface area contributed by atoms with E-state index in [4.69, 9.17) is 0 Å². The van der Waals surface area contributed by atoms with Gasteiger partial charge in [0.2, 0.25) is 0 Å². The van der Waals surface area contributed by atoms with Crippen LogP contribution in [-0.4, -0.2) is 35.4 Å². The molecule has 2 aliphatic rings. The number of benzene rings is 1. The average molecular weight is 385 g/mol. The zero-order valence-corrected chi connectivity index (χ0v) is 15.5. The van der Waals surface area contributed by atoms with Crippen LogP contribution in [0.5, 0.6) is 0 Å². The van der Waals surface area contributed by atoms with E-state index >= 15 is 0 Å². The number of rotatable bonds is 6. The van der Waals surface area contributed by atoms with Crippen molar-refractivity contribution >= 4 is 16.6 Å². The molecule has 0 saturated heterocycles. The number of hydrogen-bond donors (Lipinski definition) is 0. The number of hydrogen-bond acceptors (Lipinski definition) is 2. The number of allylic oxidation sites excluding steroid dienone is 2. The second-order valence-corrected chi connectivity index (χ2v) is 7.37. The zero-order chi connectivity index (χ0) is 19.7. The molecule has 146 valence electrons. The molecule has 1 aromatic heterocycles. The van der Waals surface area contributed by atoms with Gasteiger partial charge in [0, 0.05) is 18.0 Å².